The quantitative estimate of drug-likeness (QED) is 0.265. The van der Waals surface area contributed by atoms with E-state index in [0.717, 1.165) is 44.9 Å². The molecule has 1 aliphatic rings. The number of fused-ring (bicyclic) bond motifs is 1. The van der Waals surface area contributed by atoms with Gasteiger partial charge in [-0.15, -0.1) is 0 Å². The molecule has 1 N–H and O–H groups in total. The molecule has 0 bridgehead atoms. The molecule has 0 spiro atoms. The number of halogens is 2. The van der Waals surface area contributed by atoms with Gasteiger partial charge in [0.25, 0.3) is 11.1 Å². The zero-order chi connectivity index (χ0) is 26.6. The number of hydrogen-bond acceptors (Lipinski definition) is 5. The van der Waals surface area contributed by atoms with Gasteiger partial charge in [-0.05, 0) is 54.2 Å². The second-order valence-electron chi connectivity index (χ2n) is 8.40. The highest BCUT2D eigenvalue weighted by molar-refractivity contribution is 8.18. The van der Waals surface area contributed by atoms with Crippen LogP contribution in [0.3, 0.4) is 0 Å². The van der Waals surface area contributed by atoms with Crippen LogP contribution in [0.2, 0.25) is 5.02 Å². The van der Waals surface area contributed by atoms with E-state index in [1.807, 2.05) is 65.4 Å². The van der Waals surface area contributed by atoms with Crippen molar-refractivity contribution in [1.29, 1.82) is 0 Å². The molecule has 4 aromatic rings. The number of ether oxygens (including phenoxy) is 1. The van der Waals surface area contributed by atoms with E-state index >= 15 is 0 Å². The molecule has 0 saturated carbocycles. The molecule has 3 aromatic carbocycles. The zero-order valence-electron chi connectivity index (χ0n) is 19.9. The van der Waals surface area contributed by atoms with E-state index in [0.29, 0.717) is 13.2 Å². The molecule has 1 aliphatic heterocycles. The molecule has 1 fully saturated rings. The third-order valence-corrected chi connectivity index (χ3v) is 7.03. The SMILES string of the molecule is O=C(CN1C(=O)S/C(=C\c2cn(CCOc3ccccc3)c3ccccc23)C1=O)Nc1ccc(F)c(Cl)c1. The minimum atomic E-state index is -0.620. The van der Waals surface area contributed by atoms with Gasteiger partial charge in [0, 0.05) is 28.4 Å². The Kier molecular flexibility index (Phi) is 7.48. The minimum Gasteiger partial charge on any atom is -0.492 e. The average molecular weight is 550 g/mol. The van der Waals surface area contributed by atoms with Gasteiger partial charge in [0.2, 0.25) is 5.91 Å². The van der Waals surface area contributed by atoms with Crippen LogP contribution < -0.4 is 10.1 Å². The molecule has 0 atom stereocenters. The number of anilines is 1. The summed E-state index contributed by atoms with van der Waals surface area (Å²) in [7, 11) is 0. The molecule has 5 rings (SSSR count). The predicted molar refractivity (Wildman–Crippen MR) is 147 cm³/mol. The lowest BCUT2D eigenvalue weighted by molar-refractivity contribution is -0.127. The molecular weight excluding hydrogens is 529 g/mol. The van der Waals surface area contributed by atoms with Crippen molar-refractivity contribution in [3.05, 3.63) is 100 Å². The maximum absolute atomic E-state index is 13.4. The third kappa shape index (κ3) is 5.58. The number of thioether (sulfide) groups is 1. The zero-order valence-corrected chi connectivity index (χ0v) is 21.5. The summed E-state index contributed by atoms with van der Waals surface area (Å²) < 4.78 is 21.2. The van der Waals surface area contributed by atoms with Crippen LogP contribution in [0.1, 0.15) is 5.56 Å². The van der Waals surface area contributed by atoms with E-state index in [-0.39, 0.29) is 15.6 Å². The van der Waals surface area contributed by atoms with Gasteiger partial charge in [-0.1, -0.05) is 48.0 Å². The van der Waals surface area contributed by atoms with E-state index in [2.05, 4.69) is 5.32 Å². The summed E-state index contributed by atoms with van der Waals surface area (Å²) in [6.07, 6.45) is 3.58. The molecule has 0 aliphatic carbocycles. The first-order valence-corrected chi connectivity index (χ1v) is 12.8. The Morgan fingerprint density at radius 3 is 2.61 bits per heavy atom. The summed E-state index contributed by atoms with van der Waals surface area (Å²) in [6.45, 7) is 0.556. The van der Waals surface area contributed by atoms with E-state index < -0.39 is 29.4 Å². The Hall–Kier alpha value is -4.08. The largest absolute Gasteiger partial charge is 0.492 e. The standard InChI is InChI=1S/C28H21ClFN3O4S/c29-22-15-19(10-11-23(22)30)31-26(34)17-33-27(35)25(38-28(33)36)14-18-16-32(24-9-5-4-8-21(18)24)12-13-37-20-6-2-1-3-7-20/h1-11,14-16H,12-13,17H2,(H,31,34)/b25-14-. The highest BCUT2D eigenvalue weighted by Crippen LogP contribution is 2.34. The summed E-state index contributed by atoms with van der Waals surface area (Å²) in [5.41, 5.74) is 2.00. The summed E-state index contributed by atoms with van der Waals surface area (Å²) in [5.74, 6) is -1.00. The van der Waals surface area contributed by atoms with Gasteiger partial charge in [-0.2, -0.15) is 0 Å². The van der Waals surface area contributed by atoms with Crippen LogP contribution in [0.15, 0.2) is 83.9 Å². The molecule has 10 heteroatoms. The second kappa shape index (κ2) is 11.1. The predicted octanol–water partition coefficient (Wildman–Crippen LogP) is 6.19. The van der Waals surface area contributed by atoms with Gasteiger partial charge in [-0.3, -0.25) is 19.3 Å². The van der Waals surface area contributed by atoms with Gasteiger partial charge < -0.3 is 14.6 Å². The van der Waals surface area contributed by atoms with Crippen LogP contribution in [-0.4, -0.2) is 39.7 Å². The summed E-state index contributed by atoms with van der Waals surface area (Å²) in [4.78, 5) is 39.2. The molecule has 1 aromatic heterocycles. The number of rotatable bonds is 8. The molecule has 0 unspecified atom stereocenters. The van der Waals surface area contributed by atoms with Crippen LogP contribution in [0.4, 0.5) is 14.9 Å². The number of benzene rings is 3. The summed E-state index contributed by atoms with van der Waals surface area (Å²) in [5, 5.41) is 2.74. The second-order valence-corrected chi connectivity index (χ2v) is 9.80. The number of imide groups is 1. The van der Waals surface area contributed by atoms with Gasteiger partial charge >= 0.3 is 0 Å². The highest BCUT2D eigenvalue weighted by Gasteiger charge is 2.36. The summed E-state index contributed by atoms with van der Waals surface area (Å²) >= 11 is 6.52. The highest BCUT2D eigenvalue weighted by atomic mass is 35.5. The Morgan fingerprint density at radius 2 is 1.82 bits per heavy atom. The number of carbonyl (C=O) groups is 3. The Labute approximate surface area is 226 Å². The first-order chi connectivity index (χ1) is 18.4. The fourth-order valence-corrected chi connectivity index (χ4v) is 5.06. The summed E-state index contributed by atoms with van der Waals surface area (Å²) in [6, 6.07) is 21.0. The molecule has 192 valence electrons. The molecule has 3 amide bonds. The van der Waals surface area contributed by atoms with Gasteiger partial charge in [0.15, 0.2) is 0 Å². The molecule has 1 saturated heterocycles. The third-order valence-electron chi connectivity index (χ3n) is 5.83. The van der Waals surface area contributed by atoms with Crippen molar-refractivity contribution in [1.82, 2.24) is 9.47 Å². The van der Waals surface area contributed by atoms with Gasteiger partial charge in [0.05, 0.1) is 16.5 Å². The number of nitrogens with zero attached hydrogens (tertiary/aromatic N) is 2. The van der Waals surface area contributed by atoms with Gasteiger partial charge in [-0.25, -0.2) is 4.39 Å². The first-order valence-electron chi connectivity index (χ1n) is 11.6. The lowest BCUT2D eigenvalue weighted by Crippen LogP contribution is -2.36. The molecule has 2 heterocycles. The van der Waals surface area contributed by atoms with E-state index in [4.69, 9.17) is 16.3 Å². The number of hydrogen-bond donors (Lipinski definition) is 1. The normalized spacial score (nSPS) is 14.5. The van der Waals surface area contributed by atoms with Gasteiger partial charge in [0.1, 0.15) is 24.7 Å². The van der Waals surface area contributed by atoms with Crippen molar-refractivity contribution in [2.75, 3.05) is 18.5 Å². The van der Waals surface area contributed by atoms with Crippen LogP contribution >= 0.6 is 23.4 Å². The molecular formula is C28H21ClFN3O4S. The fourth-order valence-electron chi connectivity index (χ4n) is 4.05. The van der Waals surface area contributed by atoms with E-state index in [9.17, 15) is 18.8 Å². The van der Waals surface area contributed by atoms with Crippen molar-refractivity contribution in [3.8, 4) is 5.75 Å². The molecule has 38 heavy (non-hydrogen) atoms. The van der Waals surface area contributed by atoms with Crippen LogP contribution in [-0.2, 0) is 16.1 Å². The van der Waals surface area contributed by atoms with Crippen molar-refractivity contribution in [3.63, 3.8) is 0 Å². The van der Waals surface area contributed by atoms with E-state index in [1.165, 1.54) is 12.1 Å². The monoisotopic (exact) mass is 549 g/mol. The Bertz CT molecular complexity index is 1570. The number of aromatic nitrogens is 1. The van der Waals surface area contributed by atoms with Crippen molar-refractivity contribution >= 4 is 63.1 Å². The van der Waals surface area contributed by atoms with Crippen molar-refractivity contribution in [2.24, 2.45) is 0 Å². The van der Waals surface area contributed by atoms with Crippen LogP contribution in [0, 0.1) is 5.82 Å². The molecule has 7 nitrogen and oxygen atoms in total. The fraction of sp³-hybridized carbons (Fsp3) is 0.107. The first kappa shape index (κ1) is 25.6. The van der Waals surface area contributed by atoms with E-state index in [1.54, 1.807) is 6.08 Å². The smallest absolute Gasteiger partial charge is 0.294 e. The average Bonchev–Trinajstić information content (AvgIpc) is 3.39. The Balaban J connectivity index is 1.30. The maximum atomic E-state index is 13.4. The minimum absolute atomic E-state index is 0.150. The number of nitrogens with one attached hydrogen (secondary N) is 1. The Morgan fingerprint density at radius 1 is 1.05 bits per heavy atom. The number of amides is 3. The number of carbonyl (C=O) groups excluding carboxylic acids is 3. The molecule has 0 radical (unpaired) electrons. The van der Waals surface area contributed by atoms with Crippen molar-refractivity contribution in [2.45, 2.75) is 6.54 Å². The van der Waals surface area contributed by atoms with Crippen LogP contribution in [0.25, 0.3) is 17.0 Å². The lowest BCUT2D eigenvalue weighted by Gasteiger charge is -2.12. The topological polar surface area (TPSA) is 80.6 Å². The van der Waals surface area contributed by atoms with Crippen molar-refractivity contribution < 1.29 is 23.5 Å². The maximum Gasteiger partial charge on any atom is 0.294 e. The van der Waals surface area contributed by atoms with Crippen LogP contribution in [0.5, 0.6) is 5.75 Å². The lowest BCUT2D eigenvalue weighted by atomic mass is 10.1. The number of para-hydroxylation sites is 2.